The van der Waals surface area contributed by atoms with Crippen LogP contribution in [0.15, 0.2) is 17.5 Å². The maximum atomic E-state index is 12.0. The number of urea groups is 1. The third kappa shape index (κ3) is 5.02. The summed E-state index contributed by atoms with van der Waals surface area (Å²) in [6.07, 6.45) is 1.68. The number of hydrogen-bond donors (Lipinski definition) is 3. The molecule has 0 radical (unpaired) electrons. The predicted octanol–water partition coefficient (Wildman–Crippen LogP) is 1.06. The normalized spacial score (nSPS) is 18.1. The number of primary amides is 1. The SMILES string of the molecule is C[C@H](NC(=O)NC1CCN(CC(N)=O)CC1)c1cccs1. The molecule has 21 heavy (non-hydrogen) atoms. The van der Waals surface area contributed by atoms with Gasteiger partial charge in [-0.3, -0.25) is 9.69 Å². The van der Waals surface area contributed by atoms with E-state index >= 15 is 0 Å². The van der Waals surface area contributed by atoms with Crippen LogP contribution in [0.5, 0.6) is 0 Å². The average Bonchev–Trinajstić information content (AvgIpc) is 2.94. The molecule has 1 aromatic rings. The Labute approximate surface area is 128 Å². The van der Waals surface area contributed by atoms with Crippen molar-refractivity contribution in [3.05, 3.63) is 22.4 Å². The summed E-state index contributed by atoms with van der Waals surface area (Å²) in [5.74, 6) is -0.302. The first-order valence-corrected chi connectivity index (χ1v) is 8.03. The van der Waals surface area contributed by atoms with Crippen LogP contribution in [0.4, 0.5) is 4.79 Å². The van der Waals surface area contributed by atoms with Gasteiger partial charge in [-0.05, 0) is 31.2 Å². The van der Waals surface area contributed by atoms with Gasteiger partial charge >= 0.3 is 6.03 Å². The summed E-state index contributed by atoms with van der Waals surface area (Å²) in [7, 11) is 0. The van der Waals surface area contributed by atoms with Gasteiger partial charge in [0.2, 0.25) is 5.91 Å². The van der Waals surface area contributed by atoms with Gasteiger partial charge in [-0.25, -0.2) is 4.79 Å². The largest absolute Gasteiger partial charge is 0.369 e. The van der Waals surface area contributed by atoms with Gasteiger partial charge in [0.05, 0.1) is 12.6 Å². The molecule has 1 aromatic heterocycles. The second kappa shape index (κ2) is 7.42. The van der Waals surface area contributed by atoms with Crippen molar-refractivity contribution >= 4 is 23.3 Å². The molecule has 1 aliphatic heterocycles. The number of carbonyl (C=O) groups is 2. The van der Waals surface area contributed by atoms with Gasteiger partial charge < -0.3 is 16.4 Å². The van der Waals surface area contributed by atoms with Crippen molar-refractivity contribution in [1.29, 1.82) is 0 Å². The van der Waals surface area contributed by atoms with E-state index in [4.69, 9.17) is 5.73 Å². The minimum atomic E-state index is -0.302. The molecule has 1 atom stereocenters. The van der Waals surface area contributed by atoms with Crippen LogP contribution in [-0.4, -0.2) is 42.5 Å². The molecule has 6 nitrogen and oxygen atoms in total. The number of nitrogens with zero attached hydrogens (tertiary/aromatic N) is 1. The van der Waals surface area contributed by atoms with E-state index in [0.29, 0.717) is 6.54 Å². The maximum absolute atomic E-state index is 12.0. The number of nitrogens with one attached hydrogen (secondary N) is 2. The standard InChI is InChI=1S/C14H22N4O2S/c1-10(12-3-2-8-21-12)16-14(20)17-11-4-6-18(7-5-11)9-13(15)19/h2-3,8,10-11H,4-7,9H2,1H3,(H2,15,19)(H2,16,17,20)/t10-/m0/s1. The molecule has 0 aromatic carbocycles. The van der Waals surface area contributed by atoms with E-state index in [2.05, 4.69) is 10.6 Å². The Bertz CT molecular complexity index is 469. The number of hydrogen-bond acceptors (Lipinski definition) is 4. The monoisotopic (exact) mass is 310 g/mol. The fourth-order valence-corrected chi connectivity index (χ4v) is 3.22. The van der Waals surface area contributed by atoms with Crippen LogP contribution in [0.2, 0.25) is 0 Å². The smallest absolute Gasteiger partial charge is 0.315 e. The van der Waals surface area contributed by atoms with Crippen LogP contribution >= 0.6 is 11.3 Å². The highest BCUT2D eigenvalue weighted by Gasteiger charge is 2.22. The quantitative estimate of drug-likeness (QED) is 0.760. The zero-order valence-electron chi connectivity index (χ0n) is 12.2. The highest BCUT2D eigenvalue weighted by molar-refractivity contribution is 7.10. The average molecular weight is 310 g/mol. The van der Waals surface area contributed by atoms with Gasteiger partial charge in [0.25, 0.3) is 0 Å². The summed E-state index contributed by atoms with van der Waals surface area (Å²) in [5, 5.41) is 7.94. The summed E-state index contributed by atoms with van der Waals surface area (Å²) < 4.78 is 0. The van der Waals surface area contributed by atoms with Crippen LogP contribution in [0.25, 0.3) is 0 Å². The first-order chi connectivity index (χ1) is 10.0. The van der Waals surface area contributed by atoms with Gasteiger partial charge in [-0.1, -0.05) is 6.07 Å². The second-order valence-corrected chi connectivity index (χ2v) is 6.35. The highest BCUT2D eigenvalue weighted by atomic mass is 32.1. The summed E-state index contributed by atoms with van der Waals surface area (Å²) in [5.41, 5.74) is 5.18. The fraction of sp³-hybridized carbons (Fsp3) is 0.571. The third-order valence-electron chi connectivity index (χ3n) is 3.62. The molecule has 3 amide bonds. The van der Waals surface area contributed by atoms with Crippen molar-refractivity contribution in [3.8, 4) is 0 Å². The molecule has 2 rings (SSSR count). The first-order valence-electron chi connectivity index (χ1n) is 7.15. The molecule has 4 N–H and O–H groups in total. The summed E-state index contributed by atoms with van der Waals surface area (Å²) in [6.45, 7) is 3.85. The molecule has 1 fully saturated rings. The minimum absolute atomic E-state index is 0.0138. The first kappa shape index (κ1) is 15.8. The second-order valence-electron chi connectivity index (χ2n) is 5.37. The van der Waals surface area contributed by atoms with Gasteiger partial charge in [-0.15, -0.1) is 11.3 Å². The lowest BCUT2D eigenvalue weighted by molar-refractivity contribution is -0.119. The Balaban J connectivity index is 1.71. The van der Waals surface area contributed by atoms with E-state index in [-0.39, 0.29) is 24.0 Å². The van der Waals surface area contributed by atoms with Crippen LogP contribution in [0, 0.1) is 0 Å². The van der Waals surface area contributed by atoms with Crippen LogP contribution in [0.1, 0.15) is 30.7 Å². The van der Waals surface area contributed by atoms with E-state index in [0.717, 1.165) is 30.8 Å². The number of likely N-dealkylation sites (tertiary alicyclic amines) is 1. The van der Waals surface area contributed by atoms with Gasteiger partial charge in [0.1, 0.15) is 0 Å². The van der Waals surface area contributed by atoms with Crippen LogP contribution < -0.4 is 16.4 Å². The Morgan fingerprint density at radius 1 is 1.48 bits per heavy atom. The number of nitrogens with two attached hydrogens (primary N) is 1. The molecule has 0 spiro atoms. The summed E-state index contributed by atoms with van der Waals surface area (Å²) in [6, 6.07) is 4.02. The van der Waals surface area contributed by atoms with E-state index in [1.54, 1.807) is 11.3 Å². The summed E-state index contributed by atoms with van der Waals surface area (Å²) in [4.78, 5) is 26.0. The number of amides is 3. The minimum Gasteiger partial charge on any atom is -0.369 e. The van der Waals surface area contributed by atoms with Crippen molar-refractivity contribution in [1.82, 2.24) is 15.5 Å². The molecule has 0 aliphatic carbocycles. The molecule has 2 heterocycles. The van der Waals surface area contributed by atoms with Crippen molar-refractivity contribution in [3.63, 3.8) is 0 Å². The van der Waals surface area contributed by atoms with Crippen molar-refractivity contribution < 1.29 is 9.59 Å². The Morgan fingerprint density at radius 2 is 2.19 bits per heavy atom. The van der Waals surface area contributed by atoms with E-state index < -0.39 is 0 Å². The predicted molar refractivity (Wildman–Crippen MR) is 83.1 cm³/mol. The Morgan fingerprint density at radius 3 is 2.76 bits per heavy atom. The fourth-order valence-electron chi connectivity index (χ4n) is 2.49. The number of thiophene rings is 1. The van der Waals surface area contributed by atoms with Crippen LogP contribution in [0.3, 0.4) is 0 Å². The Hall–Kier alpha value is -1.60. The Kier molecular flexibility index (Phi) is 5.58. The molecule has 7 heteroatoms. The lowest BCUT2D eigenvalue weighted by Gasteiger charge is -2.31. The molecule has 0 bridgehead atoms. The molecule has 0 saturated carbocycles. The van der Waals surface area contributed by atoms with E-state index in [9.17, 15) is 9.59 Å². The molecule has 1 saturated heterocycles. The molecule has 116 valence electrons. The van der Waals surface area contributed by atoms with Crippen molar-refractivity contribution in [2.75, 3.05) is 19.6 Å². The molecular formula is C14H22N4O2S. The number of piperidine rings is 1. The van der Waals surface area contributed by atoms with Crippen molar-refractivity contribution in [2.24, 2.45) is 5.73 Å². The molecule has 1 aliphatic rings. The lowest BCUT2D eigenvalue weighted by Crippen LogP contribution is -2.49. The lowest BCUT2D eigenvalue weighted by atomic mass is 10.1. The topological polar surface area (TPSA) is 87.5 Å². The highest BCUT2D eigenvalue weighted by Crippen LogP contribution is 2.18. The van der Waals surface area contributed by atoms with Crippen molar-refractivity contribution in [2.45, 2.75) is 31.8 Å². The number of carbonyl (C=O) groups excluding carboxylic acids is 2. The zero-order valence-corrected chi connectivity index (χ0v) is 13.0. The van der Waals surface area contributed by atoms with Gasteiger partial charge in [0.15, 0.2) is 0 Å². The van der Waals surface area contributed by atoms with E-state index in [1.807, 2.05) is 29.3 Å². The van der Waals surface area contributed by atoms with Gasteiger partial charge in [-0.2, -0.15) is 0 Å². The third-order valence-corrected chi connectivity index (χ3v) is 4.67. The maximum Gasteiger partial charge on any atom is 0.315 e. The number of rotatable bonds is 5. The van der Waals surface area contributed by atoms with Gasteiger partial charge in [0, 0.05) is 24.0 Å². The summed E-state index contributed by atoms with van der Waals surface area (Å²) >= 11 is 1.63. The molecular weight excluding hydrogens is 288 g/mol. The zero-order chi connectivity index (χ0) is 15.2. The van der Waals surface area contributed by atoms with Crippen LogP contribution in [-0.2, 0) is 4.79 Å². The van der Waals surface area contributed by atoms with E-state index in [1.165, 1.54) is 0 Å². The molecule has 0 unspecified atom stereocenters.